The predicted octanol–water partition coefficient (Wildman–Crippen LogP) is 5.09. The van der Waals surface area contributed by atoms with Crippen LogP contribution in [0.25, 0.3) is 0 Å². The van der Waals surface area contributed by atoms with Crippen LogP contribution in [-0.2, 0) is 16.2 Å². The van der Waals surface area contributed by atoms with Crippen molar-refractivity contribution in [3.05, 3.63) is 99.8 Å². The van der Waals surface area contributed by atoms with E-state index < -0.39 is 28.8 Å². The first kappa shape index (κ1) is 24.2. The number of nitrogens with one attached hydrogen (secondary N) is 2. The van der Waals surface area contributed by atoms with Gasteiger partial charge in [-0.3, -0.25) is 9.59 Å². The number of nitrogens with zero attached hydrogens (tertiary/aromatic N) is 2. The number of hydrogen-bond acceptors (Lipinski definition) is 5. The van der Waals surface area contributed by atoms with Gasteiger partial charge in [-0.05, 0) is 66.2 Å². The molecule has 7 nitrogen and oxygen atoms in total. The Kier molecular flexibility index (Phi) is 8.11. The van der Waals surface area contributed by atoms with Crippen LogP contribution >= 0.6 is 15.9 Å². The first-order valence-electron chi connectivity index (χ1n) is 9.79. The average molecular weight is 519 g/mol. The standard InChI is InChI=1S/C25H16BrFN4O3/c26-17-3-1-16(2-4-17)15-34-21-11-9-20(10-12-21)31-25(33)23(14-29)22(13-28)24(32)30-19-7-5-18(27)6-8-19/h1-12H,15H2,(H,30,32)(H,31,33)/b23-22+. The molecule has 0 saturated carbocycles. The summed E-state index contributed by atoms with van der Waals surface area (Å²) in [5, 5.41) is 23.6. The number of anilines is 2. The Hall–Kier alpha value is -4.47. The number of rotatable bonds is 7. The first-order valence-corrected chi connectivity index (χ1v) is 10.6. The molecule has 0 unspecified atom stereocenters. The van der Waals surface area contributed by atoms with E-state index in [2.05, 4.69) is 26.6 Å². The van der Waals surface area contributed by atoms with Crippen molar-refractivity contribution < 1.29 is 18.7 Å². The molecule has 0 aliphatic rings. The fourth-order valence-electron chi connectivity index (χ4n) is 2.74. The van der Waals surface area contributed by atoms with E-state index >= 15 is 0 Å². The second-order valence-electron chi connectivity index (χ2n) is 6.83. The Bertz CT molecular complexity index is 1310. The summed E-state index contributed by atoms with van der Waals surface area (Å²) in [6.45, 7) is 0.356. The zero-order chi connectivity index (χ0) is 24.5. The lowest BCUT2D eigenvalue weighted by Gasteiger charge is -2.09. The highest BCUT2D eigenvalue weighted by molar-refractivity contribution is 9.10. The van der Waals surface area contributed by atoms with Crippen LogP contribution in [-0.4, -0.2) is 11.8 Å². The van der Waals surface area contributed by atoms with Crippen LogP contribution in [0.5, 0.6) is 5.75 Å². The van der Waals surface area contributed by atoms with E-state index in [1.54, 1.807) is 36.4 Å². The molecule has 0 bridgehead atoms. The van der Waals surface area contributed by atoms with Crippen LogP contribution in [0.15, 0.2) is 88.4 Å². The van der Waals surface area contributed by atoms with E-state index in [0.29, 0.717) is 18.0 Å². The molecule has 0 fully saturated rings. The maximum Gasteiger partial charge on any atom is 0.267 e. The summed E-state index contributed by atoms with van der Waals surface area (Å²) in [4.78, 5) is 25.0. The topological polar surface area (TPSA) is 115 Å². The van der Waals surface area contributed by atoms with Crippen LogP contribution < -0.4 is 15.4 Å². The van der Waals surface area contributed by atoms with E-state index in [9.17, 15) is 24.5 Å². The maximum atomic E-state index is 13.0. The Balaban J connectivity index is 1.66. The summed E-state index contributed by atoms with van der Waals surface area (Å²) < 4.78 is 19.7. The number of benzene rings is 3. The molecule has 0 saturated heterocycles. The average Bonchev–Trinajstić information content (AvgIpc) is 2.84. The molecule has 3 aromatic rings. The molecule has 0 aromatic heterocycles. The first-order chi connectivity index (χ1) is 16.4. The van der Waals surface area contributed by atoms with Crippen molar-refractivity contribution >= 4 is 39.1 Å². The van der Waals surface area contributed by atoms with Crippen molar-refractivity contribution in [3.8, 4) is 17.9 Å². The lowest BCUT2D eigenvalue weighted by molar-refractivity contribution is -0.114. The van der Waals surface area contributed by atoms with E-state index in [1.807, 2.05) is 24.3 Å². The third-order valence-corrected chi connectivity index (χ3v) is 4.99. The van der Waals surface area contributed by atoms with Crippen molar-refractivity contribution in [3.63, 3.8) is 0 Å². The molecule has 34 heavy (non-hydrogen) atoms. The normalized spacial score (nSPS) is 10.8. The van der Waals surface area contributed by atoms with E-state index in [0.717, 1.165) is 22.2 Å². The second kappa shape index (κ2) is 11.4. The molecule has 2 N–H and O–H groups in total. The lowest BCUT2D eigenvalue weighted by atomic mass is 10.1. The molecule has 0 aliphatic heterocycles. The molecule has 3 rings (SSSR count). The van der Waals surface area contributed by atoms with Crippen molar-refractivity contribution in [2.24, 2.45) is 0 Å². The smallest absolute Gasteiger partial charge is 0.267 e. The second-order valence-corrected chi connectivity index (χ2v) is 7.74. The van der Waals surface area contributed by atoms with Gasteiger partial charge in [0, 0.05) is 15.8 Å². The van der Waals surface area contributed by atoms with Crippen LogP contribution in [0.1, 0.15) is 5.56 Å². The number of ether oxygens (including phenoxy) is 1. The fraction of sp³-hybridized carbons (Fsp3) is 0.0400. The largest absolute Gasteiger partial charge is 0.489 e. The Morgan fingerprint density at radius 2 is 1.26 bits per heavy atom. The summed E-state index contributed by atoms with van der Waals surface area (Å²) in [5.74, 6) is -1.82. The van der Waals surface area contributed by atoms with Gasteiger partial charge in [-0.1, -0.05) is 28.1 Å². The van der Waals surface area contributed by atoms with Crippen molar-refractivity contribution in [2.45, 2.75) is 6.61 Å². The molecular formula is C25H16BrFN4O3. The van der Waals surface area contributed by atoms with Crippen molar-refractivity contribution in [1.82, 2.24) is 0 Å². The molecule has 0 spiro atoms. The van der Waals surface area contributed by atoms with Crippen LogP contribution in [0.3, 0.4) is 0 Å². The summed E-state index contributed by atoms with van der Waals surface area (Å²) in [5.41, 5.74) is 0.198. The highest BCUT2D eigenvalue weighted by Gasteiger charge is 2.22. The van der Waals surface area contributed by atoms with Gasteiger partial charge in [-0.2, -0.15) is 10.5 Å². The molecule has 0 radical (unpaired) electrons. The number of hydrogen-bond donors (Lipinski definition) is 2. The summed E-state index contributed by atoms with van der Waals surface area (Å²) in [6, 6.07) is 22.1. The highest BCUT2D eigenvalue weighted by Crippen LogP contribution is 2.19. The third kappa shape index (κ3) is 6.52. The van der Waals surface area contributed by atoms with Crippen LogP contribution in [0.2, 0.25) is 0 Å². The van der Waals surface area contributed by atoms with E-state index in [4.69, 9.17) is 4.74 Å². The number of nitriles is 2. The van der Waals surface area contributed by atoms with Gasteiger partial charge in [0.2, 0.25) is 0 Å². The Morgan fingerprint density at radius 3 is 1.74 bits per heavy atom. The van der Waals surface area contributed by atoms with Crippen molar-refractivity contribution in [2.75, 3.05) is 10.6 Å². The summed E-state index contributed by atoms with van der Waals surface area (Å²) >= 11 is 3.37. The molecule has 0 aliphatic carbocycles. The SMILES string of the molecule is N#C/C(C(=O)Nc1ccc(F)cc1)=C(/C#N)C(=O)Nc1ccc(OCc2ccc(Br)cc2)cc1. The summed E-state index contributed by atoms with van der Waals surface area (Å²) in [7, 11) is 0. The van der Waals surface area contributed by atoms with Crippen LogP contribution in [0.4, 0.5) is 15.8 Å². The van der Waals surface area contributed by atoms with Gasteiger partial charge in [-0.15, -0.1) is 0 Å². The molecule has 0 atom stereocenters. The molecule has 9 heteroatoms. The fourth-order valence-corrected chi connectivity index (χ4v) is 3.01. The molecule has 0 heterocycles. The van der Waals surface area contributed by atoms with Gasteiger partial charge >= 0.3 is 0 Å². The number of amides is 2. The monoisotopic (exact) mass is 518 g/mol. The minimum Gasteiger partial charge on any atom is -0.489 e. The minimum absolute atomic E-state index is 0.204. The van der Waals surface area contributed by atoms with Gasteiger partial charge in [0.1, 0.15) is 41.5 Å². The molecule has 3 aromatic carbocycles. The molecular weight excluding hydrogens is 503 g/mol. The number of carbonyl (C=O) groups is 2. The van der Waals surface area contributed by atoms with E-state index in [-0.39, 0.29) is 5.69 Å². The zero-order valence-electron chi connectivity index (χ0n) is 17.5. The van der Waals surface area contributed by atoms with Crippen molar-refractivity contribution in [1.29, 1.82) is 10.5 Å². The van der Waals surface area contributed by atoms with Gasteiger partial charge in [0.05, 0.1) is 0 Å². The minimum atomic E-state index is -0.961. The van der Waals surface area contributed by atoms with E-state index in [1.165, 1.54) is 12.1 Å². The van der Waals surface area contributed by atoms with Gasteiger partial charge in [0.25, 0.3) is 11.8 Å². The summed E-state index contributed by atoms with van der Waals surface area (Å²) in [6.07, 6.45) is 0. The zero-order valence-corrected chi connectivity index (χ0v) is 19.1. The van der Waals surface area contributed by atoms with Gasteiger partial charge < -0.3 is 15.4 Å². The lowest BCUT2D eigenvalue weighted by Crippen LogP contribution is -2.21. The highest BCUT2D eigenvalue weighted by atomic mass is 79.9. The maximum absolute atomic E-state index is 13.0. The Morgan fingerprint density at radius 1 is 0.794 bits per heavy atom. The predicted molar refractivity (Wildman–Crippen MR) is 127 cm³/mol. The molecule has 168 valence electrons. The third-order valence-electron chi connectivity index (χ3n) is 4.46. The van der Waals surface area contributed by atoms with Gasteiger partial charge in [-0.25, -0.2) is 4.39 Å². The van der Waals surface area contributed by atoms with Gasteiger partial charge in [0.15, 0.2) is 0 Å². The quantitative estimate of drug-likeness (QED) is 0.334. The Labute approximate surface area is 203 Å². The number of halogens is 2. The number of carbonyl (C=O) groups excluding carboxylic acids is 2. The molecule has 2 amide bonds. The van der Waals surface area contributed by atoms with Crippen LogP contribution in [0, 0.1) is 28.5 Å².